The standard InChI is InChI=1S/C14H20BrN3O2/c15-11-2-1-3-12(13(11)14(16)19)18-8-9-20-10-4-6-17-7-5-10/h1-3,10,17-18H,4-9H2,(H2,16,19). The minimum Gasteiger partial charge on any atom is -0.382 e. The van der Waals surface area contributed by atoms with Crippen molar-refractivity contribution in [2.75, 3.05) is 31.6 Å². The molecule has 1 aliphatic heterocycles. The van der Waals surface area contributed by atoms with Gasteiger partial charge in [0.25, 0.3) is 5.91 Å². The summed E-state index contributed by atoms with van der Waals surface area (Å²) in [5, 5.41) is 6.51. The van der Waals surface area contributed by atoms with Crippen LogP contribution in [-0.2, 0) is 4.74 Å². The van der Waals surface area contributed by atoms with E-state index in [4.69, 9.17) is 10.5 Å². The second-order valence-corrected chi connectivity index (χ2v) is 5.63. The average molecular weight is 342 g/mol. The number of carbonyl (C=O) groups excluding carboxylic acids is 1. The van der Waals surface area contributed by atoms with Crippen LogP contribution < -0.4 is 16.4 Å². The molecule has 0 aromatic heterocycles. The number of nitrogens with one attached hydrogen (secondary N) is 2. The third kappa shape index (κ3) is 4.19. The molecule has 0 aliphatic carbocycles. The number of carbonyl (C=O) groups is 1. The molecule has 0 spiro atoms. The van der Waals surface area contributed by atoms with Gasteiger partial charge in [-0.25, -0.2) is 0 Å². The van der Waals surface area contributed by atoms with Crippen molar-refractivity contribution >= 4 is 27.5 Å². The van der Waals surface area contributed by atoms with Gasteiger partial charge in [0, 0.05) is 16.7 Å². The summed E-state index contributed by atoms with van der Waals surface area (Å²) >= 11 is 3.34. The lowest BCUT2D eigenvalue weighted by atomic mass is 10.1. The van der Waals surface area contributed by atoms with Crippen molar-refractivity contribution in [2.24, 2.45) is 5.73 Å². The molecule has 1 amide bonds. The number of ether oxygens (including phenoxy) is 1. The van der Waals surface area contributed by atoms with Crippen molar-refractivity contribution in [1.29, 1.82) is 0 Å². The number of rotatable bonds is 6. The summed E-state index contributed by atoms with van der Waals surface area (Å²) in [5.41, 5.74) is 6.61. The van der Waals surface area contributed by atoms with Crippen molar-refractivity contribution < 1.29 is 9.53 Å². The number of halogens is 1. The lowest BCUT2D eigenvalue weighted by Crippen LogP contribution is -2.33. The van der Waals surface area contributed by atoms with Crippen LogP contribution in [0.1, 0.15) is 23.2 Å². The van der Waals surface area contributed by atoms with Gasteiger partial charge in [-0.15, -0.1) is 0 Å². The van der Waals surface area contributed by atoms with Crippen LogP contribution in [0.4, 0.5) is 5.69 Å². The summed E-state index contributed by atoms with van der Waals surface area (Å²) in [6, 6.07) is 5.51. The number of piperidine rings is 1. The molecule has 1 aliphatic rings. The highest BCUT2D eigenvalue weighted by Gasteiger charge is 2.14. The molecule has 4 N–H and O–H groups in total. The first-order valence-corrected chi connectivity index (χ1v) is 7.62. The first-order chi connectivity index (χ1) is 9.68. The molecular weight excluding hydrogens is 322 g/mol. The summed E-state index contributed by atoms with van der Waals surface area (Å²) in [4.78, 5) is 11.4. The monoisotopic (exact) mass is 341 g/mol. The number of amides is 1. The second kappa shape index (κ2) is 7.61. The van der Waals surface area contributed by atoms with E-state index in [0.29, 0.717) is 29.3 Å². The van der Waals surface area contributed by atoms with E-state index in [-0.39, 0.29) is 0 Å². The molecule has 20 heavy (non-hydrogen) atoms. The fourth-order valence-corrected chi connectivity index (χ4v) is 2.86. The van der Waals surface area contributed by atoms with Crippen LogP contribution >= 0.6 is 15.9 Å². The predicted molar refractivity (Wildman–Crippen MR) is 83.0 cm³/mol. The Morgan fingerprint density at radius 3 is 2.90 bits per heavy atom. The summed E-state index contributed by atoms with van der Waals surface area (Å²) in [5.74, 6) is -0.445. The molecule has 0 saturated carbocycles. The molecule has 2 rings (SSSR count). The molecule has 1 fully saturated rings. The van der Waals surface area contributed by atoms with Gasteiger partial charge in [0.1, 0.15) is 0 Å². The maximum absolute atomic E-state index is 11.4. The van der Waals surface area contributed by atoms with Crippen LogP contribution in [0, 0.1) is 0 Å². The third-order valence-electron chi connectivity index (χ3n) is 3.32. The van der Waals surface area contributed by atoms with Crippen molar-refractivity contribution in [1.82, 2.24) is 5.32 Å². The van der Waals surface area contributed by atoms with E-state index in [0.717, 1.165) is 31.6 Å². The summed E-state index contributed by atoms with van der Waals surface area (Å²) < 4.78 is 6.51. The minimum atomic E-state index is -0.445. The Morgan fingerprint density at radius 2 is 2.20 bits per heavy atom. The average Bonchev–Trinajstić information content (AvgIpc) is 2.44. The topological polar surface area (TPSA) is 76.4 Å². The summed E-state index contributed by atoms with van der Waals surface area (Å²) in [6.07, 6.45) is 2.46. The minimum absolute atomic E-state index is 0.344. The van der Waals surface area contributed by atoms with Crippen LogP contribution in [-0.4, -0.2) is 38.3 Å². The Balaban J connectivity index is 1.82. The zero-order valence-corrected chi connectivity index (χ0v) is 12.9. The van der Waals surface area contributed by atoms with Crippen molar-refractivity contribution in [3.05, 3.63) is 28.2 Å². The normalized spacial score (nSPS) is 16.1. The Bertz CT molecular complexity index is 462. The quantitative estimate of drug-likeness (QED) is 0.688. The van der Waals surface area contributed by atoms with E-state index in [1.165, 1.54) is 0 Å². The first-order valence-electron chi connectivity index (χ1n) is 6.83. The van der Waals surface area contributed by atoms with E-state index in [1.807, 2.05) is 12.1 Å². The molecule has 6 heteroatoms. The van der Waals surface area contributed by atoms with Gasteiger partial charge in [-0.05, 0) is 54.0 Å². The van der Waals surface area contributed by atoms with E-state index in [9.17, 15) is 4.79 Å². The molecule has 1 aromatic rings. The Kier molecular flexibility index (Phi) is 5.82. The first kappa shape index (κ1) is 15.3. The highest BCUT2D eigenvalue weighted by molar-refractivity contribution is 9.10. The molecule has 1 saturated heterocycles. The van der Waals surface area contributed by atoms with Crippen molar-refractivity contribution in [3.63, 3.8) is 0 Å². The molecule has 1 aromatic carbocycles. The Morgan fingerprint density at radius 1 is 1.45 bits per heavy atom. The zero-order valence-electron chi connectivity index (χ0n) is 11.3. The molecular formula is C14H20BrN3O2. The van der Waals surface area contributed by atoms with Crippen LogP contribution in [0.2, 0.25) is 0 Å². The highest BCUT2D eigenvalue weighted by Crippen LogP contribution is 2.24. The van der Waals surface area contributed by atoms with Gasteiger partial charge < -0.3 is 21.1 Å². The maximum atomic E-state index is 11.4. The maximum Gasteiger partial charge on any atom is 0.251 e. The Hall–Kier alpha value is -1.11. The fraction of sp³-hybridized carbons (Fsp3) is 0.500. The number of nitrogens with two attached hydrogens (primary N) is 1. The van der Waals surface area contributed by atoms with Gasteiger partial charge in [0.2, 0.25) is 0 Å². The molecule has 0 unspecified atom stereocenters. The third-order valence-corrected chi connectivity index (χ3v) is 3.98. The van der Waals surface area contributed by atoms with Gasteiger partial charge in [-0.1, -0.05) is 6.07 Å². The van der Waals surface area contributed by atoms with Crippen molar-refractivity contribution in [2.45, 2.75) is 18.9 Å². The number of anilines is 1. The Labute approximate surface area is 127 Å². The molecule has 0 atom stereocenters. The zero-order chi connectivity index (χ0) is 14.4. The van der Waals surface area contributed by atoms with Crippen LogP contribution in [0.15, 0.2) is 22.7 Å². The lowest BCUT2D eigenvalue weighted by molar-refractivity contribution is 0.0394. The number of hydrogen-bond acceptors (Lipinski definition) is 4. The smallest absolute Gasteiger partial charge is 0.251 e. The molecule has 0 bridgehead atoms. The van der Waals surface area contributed by atoms with E-state index in [2.05, 4.69) is 26.6 Å². The van der Waals surface area contributed by atoms with E-state index in [1.54, 1.807) is 6.07 Å². The number of hydrogen-bond donors (Lipinski definition) is 3. The van der Waals surface area contributed by atoms with Gasteiger partial charge >= 0.3 is 0 Å². The summed E-state index contributed by atoms with van der Waals surface area (Å²) in [7, 11) is 0. The molecule has 110 valence electrons. The number of primary amides is 1. The van der Waals surface area contributed by atoms with Crippen LogP contribution in [0.3, 0.4) is 0 Å². The van der Waals surface area contributed by atoms with Gasteiger partial charge in [0.15, 0.2) is 0 Å². The molecule has 1 heterocycles. The largest absolute Gasteiger partial charge is 0.382 e. The van der Waals surface area contributed by atoms with E-state index >= 15 is 0 Å². The molecule has 0 radical (unpaired) electrons. The SMILES string of the molecule is NC(=O)c1c(Br)cccc1NCCOC1CCNCC1. The van der Waals surface area contributed by atoms with Gasteiger partial charge in [-0.2, -0.15) is 0 Å². The predicted octanol–water partition coefficient (Wildman–Crippen LogP) is 1.73. The van der Waals surface area contributed by atoms with E-state index < -0.39 is 5.91 Å². The van der Waals surface area contributed by atoms with Gasteiger partial charge in [-0.3, -0.25) is 4.79 Å². The second-order valence-electron chi connectivity index (χ2n) is 4.77. The number of benzene rings is 1. The summed E-state index contributed by atoms with van der Waals surface area (Å²) in [6.45, 7) is 3.32. The van der Waals surface area contributed by atoms with Crippen LogP contribution in [0.5, 0.6) is 0 Å². The fourth-order valence-electron chi connectivity index (χ4n) is 2.30. The van der Waals surface area contributed by atoms with Crippen LogP contribution in [0.25, 0.3) is 0 Å². The highest BCUT2D eigenvalue weighted by atomic mass is 79.9. The van der Waals surface area contributed by atoms with Gasteiger partial charge in [0.05, 0.1) is 18.3 Å². The lowest BCUT2D eigenvalue weighted by Gasteiger charge is -2.23. The van der Waals surface area contributed by atoms with Crippen molar-refractivity contribution in [3.8, 4) is 0 Å². The molecule has 5 nitrogen and oxygen atoms in total.